The van der Waals surface area contributed by atoms with Crippen molar-refractivity contribution in [2.45, 2.75) is 18.4 Å². The van der Waals surface area contributed by atoms with Crippen LogP contribution < -0.4 is 10.1 Å². The second-order valence-electron chi connectivity index (χ2n) is 6.97. The summed E-state index contributed by atoms with van der Waals surface area (Å²) in [5.41, 5.74) is 2.39. The van der Waals surface area contributed by atoms with Gasteiger partial charge in [0.15, 0.2) is 0 Å². The van der Waals surface area contributed by atoms with Crippen LogP contribution in [0.5, 0.6) is 5.75 Å². The summed E-state index contributed by atoms with van der Waals surface area (Å²) in [5.74, 6) is -0.300. The topological polar surface area (TPSA) is 75.7 Å². The smallest absolute Gasteiger partial charge is 0.247 e. The Balaban J connectivity index is 1.93. The first-order chi connectivity index (χ1) is 14.8. The van der Waals surface area contributed by atoms with E-state index >= 15 is 0 Å². The van der Waals surface area contributed by atoms with Crippen LogP contribution >= 0.6 is 11.6 Å². The first-order valence-corrected chi connectivity index (χ1v) is 11.4. The summed E-state index contributed by atoms with van der Waals surface area (Å²) in [7, 11) is -2.71. The Hall–Kier alpha value is -2.87. The van der Waals surface area contributed by atoms with Crippen LogP contribution in [0.3, 0.4) is 0 Å². The van der Waals surface area contributed by atoms with E-state index in [-0.39, 0.29) is 28.8 Å². The van der Waals surface area contributed by atoms with Gasteiger partial charge < -0.3 is 10.1 Å². The molecule has 0 heterocycles. The molecule has 6 nitrogen and oxygen atoms in total. The van der Waals surface area contributed by atoms with Gasteiger partial charge >= 0.3 is 0 Å². The quantitative estimate of drug-likeness (QED) is 0.539. The van der Waals surface area contributed by atoms with Crippen molar-refractivity contribution >= 4 is 33.2 Å². The lowest BCUT2D eigenvalue weighted by molar-refractivity contribution is -0.116. The Morgan fingerprint density at radius 3 is 2.35 bits per heavy atom. The van der Waals surface area contributed by atoms with Crippen LogP contribution in [-0.4, -0.2) is 32.3 Å². The SMILES string of the molecule is COc1ccc(Cl)cc1S(=O)(=O)N(CC(=O)Nc1ccc(C)cc1)Cc1ccccc1. The van der Waals surface area contributed by atoms with Gasteiger partial charge in [-0.2, -0.15) is 4.31 Å². The molecule has 0 unspecified atom stereocenters. The van der Waals surface area contributed by atoms with Crippen LogP contribution in [0.1, 0.15) is 11.1 Å². The predicted octanol–water partition coefficient (Wildman–Crippen LogP) is 4.49. The molecule has 0 aromatic heterocycles. The van der Waals surface area contributed by atoms with E-state index in [2.05, 4.69) is 5.32 Å². The number of nitrogens with one attached hydrogen (secondary N) is 1. The van der Waals surface area contributed by atoms with Gasteiger partial charge in [0.1, 0.15) is 10.6 Å². The summed E-state index contributed by atoms with van der Waals surface area (Å²) < 4.78 is 33.4. The standard InChI is InChI=1S/C23H23ClN2O4S/c1-17-8-11-20(12-9-17)25-23(27)16-26(15-18-6-4-3-5-7-18)31(28,29)22-14-19(24)10-13-21(22)30-2/h3-14H,15-16H2,1-2H3,(H,25,27). The molecule has 0 radical (unpaired) electrons. The number of halogens is 1. The first kappa shape index (κ1) is 22.8. The van der Waals surface area contributed by atoms with Crippen LogP contribution in [0, 0.1) is 6.92 Å². The third-order valence-corrected chi connectivity index (χ3v) is 6.65. The molecule has 3 aromatic rings. The molecular formula is C23H23ClN2O4S. The molecule has 0 saturated heterocycles. The van der Waals surface area contributed by atoms with Crippen LogP contribution in [-0.2, 0) is 21.4 Å². The lowest BCUT2D eigenvalue weighted by atomic mass is 10.2. The fourth-order valence-corrected chi connectivity index (χ4v) is 4.80. The summed E-state index contributed by atoms with van der Waals surface area (Å²) in [5, 5.41) is 3.00. The molecular weight excluding hydrogens is 436 g/mol. The zero-order valence-electron chi connectivity index (χ0n) is 17.2. The Kier molecular flexibility index (Phi) is 7.33. The third kappa shape index (κ3) is 5.85. The summed E-state index contributed by atoms with van der Waals surface area (Å²) in [6.07, 6.45) is 0. The van der Waals surface area contributed by atoms with Crippen molar-refractivity contribution in [2.75, 3.05) is 19.0 Å². The second kappa shape index (κ2) is 9.96. The number of nitrogens with zero attached hydrogens (tertiary/aromatic N) is 1. The molecule has 3 rings (SSSR count). The van der Waals surface area contributed by atoms with Crippen LogP contribution in [0.25, 0.3) is 0 Å². The molecule has 31 heavy (non-hydrogen) atoms. The molecule has 0 spiro atoms. The van der Waals surface area contributed by atoms with Gasteiger partial charge in [-0.3, -0.25) is 4.79 Å². The number of methoxy groups -OCH3 is 1. The van der Waals surface area contributed by atoms with Gasteiger partial charge in [-0.1, -0.05) is 59.6 Å². The first-order valence-electron chi connectivity index (χ1n) is 9.54. The normalized spacial score (nSPS) is 11.4. The van der Waals surface area contributed by atoms with Crippen molar-refractivity contribution in [3.8, 4) is 5.75 Å². The molecule has 1 amide bonds. The van der Waals surface area contributed by atoms with Gasteiger partial charge in [-0.15, -0.1) is 0 Å². The fourth-order valence-electron chi connectivity index (χ4n) is 3.00. The number of carbonyl (C=O) groups is 1. The van der Waals surface area contributed by atoms with E-state index in [0.717, 1.165) is 15.4 Å². The molecule has 0 atom stereocenters. The van der Waals surface area contributed by atoms with E-state index < -0.39 is 15.9 Å². The zero-order chi connectivity index (χ0) is 22.4. The van der Waals surface area contributed by atoms with Crippen LogP contribution in [0.2, 0.25) is 5.02 Å². The maximum absolute atomic E-state index is 13.5. The molecule has 0 aliphatic rings. The van der Waals surface area contributed by atoms with Gasteiger partial charge in [-0.25, -0.2) is 8.42 Å². The average Bonchev–Trinajstić information content (AvgIpc) is 2.75. The molecule has 0 saturated carbocycles. The predicted molar refractivity (Wildman–Crippen MR) is 122 cm³/mol. The number of hydrogen-bond donors (Lipinski definition) is 1. The molecule has 0 aliphatic heterocycles. The number of hydrogen-bond acceptors (Lipinski definition) is 4. The number of sulfonamides is 1. The number of benzene rings is 3. The fraction of sp³-hybridized carbons (Fsp3) is 0.174. The summed E-state index contributed by atoms with van der Waals surface area (Å²) in [6, 6.07) is 20.7. The highest BCUT2D eigenvalue weighted by Crippen LogP contribution is 2.30. The maximum atomic E-state index is 13.5. The second-order valence-corrected chi connectivity index (χ2v) is 9.31. The van der Waals surface area contributed by atoms with Gasteiger partial charge in [-0.05, 0) is 42.8 Å². The van der Waals surface area contributed by atoms with Crippen LogP contribution in [0.15, 0.2) is 77.7 Å². The van der Waals surface area contributed by atoms with Crippen molar-refractivity contribution in [2.24, 2.45) is 0 Å². The van der Waals surface area contributed by atoms with Gasteiger partial charge in [0, 0.05) is 17.3 Å². The molecule has 0 aliphatic carbocycles. The Morgan fingerprint density at radius 1 is 1.03 bits per heavy atom. The number of ether oxygens (including phenoxy) is 1. The van der Waals surface area contributed by atoms with E-state index in [1.54, 1.807) is 30.3 Å². The molecule has 8 heteroatoms. The lowest BCUT2D eigenvalue weighted by Crippen LogP contribution is -2.37. The monoisotopic (exact) mass is 458 g/mol. The van der Waals surface area contributed by atoms with E-state index in [0.29, 0.717) is 5.69 Å². The molecule has 162 valence electrons. The van der Waals surface area contributed by atoms with Crippen molar-refractivity contribution < 1.29 is 17.9 Å². The average molecular weight is 459 g/mol. The number of carbonyl (C=O) groups excluding carboxylic acids is 1. The Morgan fingerprint density at radius 2 is 1.71 bits per heavy atom. The summed E-state index contributed by atoms with van der Waals surface area (Å²) in [6.45, 7) is 1.58. The number of anilines is 1. The van der Waals surface area contributed by atoms with Gasteiger partial charge in [0.2, 0.25) is 15.9 Å². The van der Waals surface area contributed by atoms with Crippen molar-refractivity contribution in [1.29, 1.82) is 0 Å². The van der Waals surface area contributed by atoms with Crippen molar-refractivity contribution in [1.82, 2.24) is 4.31 Å². The minimum atomic E-state index is -4.10. The third-order valence-electron chi connectivity index (χ3n) is 4.60. The van der Waals surface area contributed by atoms with E-state index in [4.69, 9.17) is 16.3 Å². The largest absolute Gasteiger partial charge is 0.495 e. The van der Waals surface area contributed by atoms with E-state index in [1.165, 1.54) is 19.2 Å². The number of amides is 1. The number of rotatable bonds is 8. The van der Waals surface area contributed by atoms with Gasteiger partial charge in [0.25, 0.3) is 0 Å². The highest BCUT2D eigenvalue weighted by molar-refractivity contribution is 7.89. The molecule has 3 aromatic carbocycles. The van der Waals surface area contributed by atoms with Crippen molar-refractivity contribution in [3.05, 3.63) is 88.9 Å². The highest BCUT2D eigenvalue weighted by Gasteiger charge is 2.30. The zero-order valence-corrected chi connectivity index (χ0v) is 18.8. The number of aryl methyl sites for hydroxylation is 1. The highest BCUT2D eigenvalue weighted by atomic mass is 35.5. The Labute approximate surface area is 187 Å². The van der Waals surface area contributed by atoms with E-state index in [9.17, 15) is 13.2 Å². The minimum absolute atomic E-state index is 0.0140. The maximum Gasteiger partial charge on any atom is 0.247 e. The molecule has 0 bridgehead atoms. The minimum Gasteiger partial charge on any atom is -0.495 e. The van der Waals surface area contributed by atoms with Gasteiger partial charge in [0.05, 0.1) is 13.7 Å². The Bertz CT molecular complexity index is 1150. The van der Waals surface area contributed by atoms with E-state index in [1.807, 2.05) is 37.3 Å². The molecule has 0 fully saturated rings. The van der Waals surface area contributed by atoms with Crippen molar-refractivity contribution in [3.63, 3.8) is 0 Å². The lowest BCUT2D eigenvalue weighted by Gasteiger charge is -2.23. The van der Waals surface area contributed by atoms with Crippen LogP contribution in [0.4, 0.5) is 5.69 Å². The summed E-state index contributed by atoms with van der Waals surface area (Å²) in [4.78, 5) is 12.6. The summed E-state index contributed by atoms with van der Waals surface area (Å²) >= 11 is 6.05. The molecule has 1 N–H and O–H groups in total.